The van der Waals surface area contributed by atoms with Crippen LogP contribution in [0.3, 0.4) is 0 Å². The van der Waals surface area contributed by atoms with E-state index in [1.807, 2.05) is 0 Å². The lowest BCUT2D eigenvalue weighted by atomic mass is 9.82. The summed E-state index contributed by atoms with van der Waals surface area (Å²) in [6, 6.07) is 50.9. The van der Waals surface area contributed by atoms with Gasteiger partial charge in [0, 0.05) is 38.9 Å². The fourth-order valence-electron chi connectivity index (χ4n) is 6.90. The van der Waals surface area contributed by atoms with E-state index in [0.717, 1.165) is 11.4 Å². The zero-order valence-electron chi connectivity index (χ0n) is 24.2. The van der Waals surface area contributed by atoms with E-state index in [2.05, 4.69) is 170 Å². The van der Waals surface area contributed by atoms with Crippen molar-refractivity contribution in [2.75, 3.05) is 4.90 Å². The summed E-state index contributed by atoms with van der Waals surface area (Å²) in [4.78, 5) is 2.36. The number of hydrogen-bond acceptors (Lipinski definition) is 1. The minimum Gasteiger partial charge on any atom is -0.310 e. The molecule has 1 heterocycles. The quantitative estimate of drug-likeness (QED) is 0.216. The van der Waals surface area contributed by atoms with Crippen molar-refractivity contribution in [3.05, 3.63) is 156 Å². The SMILES string of the molecule is Cc1ccc(-n2c3ccccc3c3cc4c(cc32)C(C)(C)c2cc(N(c3ccccc3)c3ccccc3)ccc2-4)cc1. The van der Waals surface area contributed by atoms with Crippen molar-refractivity contribution in [1.82, 2.24) is 4.57 Å². The van der Waals surface area contributed by atoms with E-state index in [-0.39, 0.29) is 5.41 Å². The Labute approximate surface area is 247 Å². The molecule has 1 aliphatic rings. The minimum absolute atomic E-state index is 0.150. The van der Waals surface area contributed by atoms with Gasteiger partial charge in [-0.3, -0.25) is 0 Å². The van der Waals surface area contributed by atoms with Gasteiger partial charge in [0.25, 0.3) is 0 Å². The Kier molecular flexibility index (Phi) is 5.42. The maximum absolute atomic E-state index is 2.45. The molecule has 0 saturated carbocycles. The fourth-order valence-corrected chi connectivity index (χ4v) is 6.90. The second kappa shape index (κ2) is 9.22. The average molecular weight is 541 g/mol. The zero-order valence-corrected chi connectivity index (χ0v) is 24.2. The Bertz CT molecular complexity index is 2060. The van der Waals surface area contributed by atoms with E-state index in [0.29, 0.717) is 0 Å². The van der Waals surface area contributed by atoms with E-state index in [1.54, 1.807) is 0 Å². The van der Waals surface area contributed by atoms with E-state index in [1.165, 1.54) is 61.0 Å². The first-order valence-electron chi connectivity index (χ1n) is 14.7. The van der Waals surface area contributed by atoms with Gasteiger partial charge >= 0.3 is 0 Å². The molecule has 0 radical (unpaired) electrons. The van der Waals surface area contributed by atoms with Crippen LogP contribution in [0.15, 0.2) is 140 Å². The van der Waals surface area contributed by atoms with Gasteiger partial charge in [-0.05, 0) is 95.9 Å². The number of aryl methyl sites for hydroxylation is 1. The Morgan fingerprint density at radius 3 is 1.81 bits per heavy atom. The van der Waals surface area contributed by atoms with Gasteiger partial charge in [-0.2, -0.15) is 0 Å². The van der Waals surface area contributed by atoms with Crippen molar-refractivity contribution in [2.45, 2.75) is 26.2 Å². The van der Waals surface area contributed by atoms with Crippen LogP contribution in [0.4, 0.5) is 17.1 Å². The molecule has 202 valence electrons. The molecule has 7 aromatic rings. The highest BCUT2D eigenvalue weighted by Gasteiger charge is 2.37. The Hall–Kier alpha value is -5.08. The lowest BCUT2D eigenvalue weighted by Crippen LogP contribution is -2.16. The summed E-state index contributed by atoms with van der Waals surface area (Å²) >= 11 is 0. The molecule has 2 heteroatoms. The monoisotopic (exact) mass is 540 g/mol. The summed E-state index contributed by atoms with van der Waals surface area (Å²) < 4.78 is 2.43. The summed E-state index contributed by atoms with van der Waals surface area (Å²) in [5.41, 5.74) is 13.7. The number of anilines is 3. The molecule has 2 nitrogen and oxygen atoms in total. The number of hydrogen-bond donors (Lipinski definition) is 0. The summed E-state index contributed by atoms with van der Waals surface area (Å²) in [5.74, 6) is 0. The molecule has 0 aliphatic heterocycles. The van der Waals surface area contributed by atoms with E-state index < -0.39 is 0 Å². The first-order valence-corrected chi connectivity index (χ1v) is 14.7. The van der Waals surface area contributed by atoms with Gasteiger partial charge in [-0.15, -0.1) is 0 Å². The molecule has 0 unspecified atom stereocenters. The van der Waals surface area contributed by atoms with E-state index >= 15 is 0 Å². The molecule has 0 spiro atoms. The van der Waals surface area contributed by atoms with Crippen LogP contribution in [-0.2, 0) is 5.41 Å². The molecule has 1 aliphatic carbocycles. The highest BCUT2D eigenvalue weighted by atomic mass is 15.1. The molecule has 42 heavy (non-hydrogen) atoms. The van der Waals surface area contributed by atoms with Gasteiger partial charge in [-0.25, -0.2) is 0 Å². The summed E-state index contributed by atoms with van der Waals surface area (Å²) in [6.07, 6.45) is 0. The van der Waals surface area contributed by atoms with Crippen LogP contribution in [0.2, 0.25) is 0 Å². The maximum atomic E-state index is 2.45. The molecule has 8 rings (SSSR count). The first-order chi connectivity index (χ1) is 20.5. The number of rotatable bonds is 4. The van der Waals surface area contributed by atoms with Gasteiger partial charge < -0.3 is 9.47 Å². The van der Waals surface area contributed by atoms with Gasteiger partial charge in [0.15, 0.2) is 0 Å². The molecule has 0 saturated heterocycles. The van der Waals surface area contributed by atoms with Crippen molar-refractivity contribution in [3.63, 3.8) is 0 Å². The molecule has 0 N–H and O–H groups in total. The second-order valence-electron chi connectivity index (χ2n) is 12.0. The highest BCUT2D eigenvalue weighted by Crippen LogP contribution is 2.52. The van der Waals surface area contributed by atoms with Crippen LogP contribution >= 0.6 is 0 Å². The second-order valence-corrected chi connectivity index (χ2v) is 12.0. The molecule has 0 atom stereocenters. The standard InChI is InChI=1S/C40H32N2/c1-27-18-20-30(21-19-27)42-38-17-11-10-16-33(38)35-25-34-32-23-22-31(24-36(32)40(2,3)37(34)26-39(35)42)41(28-12-6-4-7-13-28)29-14-8-5-9-15-29/h4-26H,1-3H3. The Balaban J connectivity index is 1.34. The van der Waals surface area contributed by atoms with Crippen molar-refractivity contribution in [2.24, 2.45) is 0 Å². The fraction of sp³-hybridized carbons (Fsp3) is 0.100. The summed E-state index contributed by atoms with van der Waals surface area (Å²) in [5, 5.41) is 2.59. The van der Waals surface area contributed by atoms with Crippen LogP contribution < -0.4 is 4.90 Å². The lowest BCUT2D eigenvalue weighted by molar-refractivity contribution is 0.661. The predicted molar refractivity (Wildman–Crippen MR) is 178 cm³/mol. The van der Waals surface area contributed by atoms with Crippen molar-refractivity contribution >= 4 is 38.9 Å². The first kappa shape index (κ1) is 24.7. The predicted octanol–water partition coefficient (Wildman–Crippen LogP) is 10.9. The van der Waals surface area contributed by atoms with Crippen molar-refractivity contribution < 1.29 is 0 Å². The average Bonchev–Trinajstić information content (AvgIpc) is 3.46. The number of nitrogens with zero attached hydrogens (tertiary/aromatic N) is 2. The smallest absolute Gasteiger partial charge is 0.0544 e. The molecule has 0 amide bonds. The Morgan fingerprint density at radius 2 is 1.12 bits per heavy atom. The van der Waals surface area contributed by atoms with Crippen LogP contribution in [-0.4, -0.2) is 4.57 Å². The number of fused-ring (bicyclic) bond motifs is 6. The van der Waals surface area contributed by atoms with Crippen LogP contribution in [0, 0.1) is 6.92 Å². The third-order valence-electron chi connectivity index (χ3n) is 9.03. The largest absolute Gasteiger partial charge is 0.310 e. The molecule has 6 aromatic carbocycles. The third-order valence-corrected chi connectivity index (χ3v) is 9.03. The maximum Gasteiger partial charge on any atom is 0.0544 e. The normalized spacial score (nSPS) is 13.3. The molecular formula is C40H32N2. The van der Waals surface area contributed by atoms with Crippen LogP contribution in [0.1, 0.15) is 30.5 Å². The van der Waals surface area contributed by atoms with Crippen LogP contribution in [0.5, 0.6) is 0 Å². The lowest BCUT2D eigenvalue weighted by Gasteiger charge is -2.28. The molecular weight excluding hydrogens is 508 g/mol. The van der Waals surface area contributed by atoms with E-state index in [4.69, 9.17) is 0 Å². The Morgan fingerprint density at radius 1 is 0.500 bits per heavy atom. The van der Waals surface area contributed by atoms with Gasteiger partial charge in [-0.1, -0.05) is 92.2 Å². The zero-order chi connectivity index (χ0) is 28.4. The molecule has 0 fully saturated rings. The molecule has 0 bridgehead atoms. The van der Waals surface area contributed by atoms with Crippen molar-refractivity contribution in [1.29, 1.82) is 0 Å². The minimum atomic E-state index is -0.150. The van der Waals surface area contributed by atoms with Gasteiger partial charge in [0.1, 0.15) is 0 Å². The number of para-hydroxylation sites is 3. The topological polar surface area (TPSA) is 8.17 Å². The summed E-state index contributed by atoms with van der Waals surface area (Å²) in [7, 11) is 0. The highest BCUT2D eigenvalue weighted by molar-refractivity contribution is 6.11. The summed E-state index contributed by atoms with van der Waals surface area (Å²) in [6.45, 7) is 6.90. The molecule has 1 aromatic heterocycles. The third kappa shape index (κ3) is 3.65. The van der Waals surface area contributed by atoms with E-state index in [9.17, 15) is 0 Å². The van der Waals surface area contributed by atoms with Gasteiger partial charge in [0.05, 0.1) is 11.0 Å². The number of benzene rings is 6. The number of aromatic nitrogens is 1. The van der Waals surface area contributed by atoms with Crippen molar-refractivity contribution in [3.8, 4) is 16.8 Å². The van der Waals surface area contributed by atoms with Crippen LogP contribution in [0.25, 0.3) is 38.6 Å². The van der Waals surface area contributed by atoms with Gasteiger partial charge in [0.2, 0.25) is 0 Å².